The molecule has 2 rings (SSSR count). The molecule has 0 fully saturated rings. The van der Waals surface area contributed by atoms with Crippen molar-refractivity contribution in [2.24, 2.45) is 0 Å². The van der Waals surface area contributed by atoms with Gasteiger partial charge in [0.2, 0.25) is 0 Å². The number of fused-ring (bicyclic) bond motifs is 1. The summed E-state index contributed by atoms with van der Waals surface area (Å²) in [5.41, 5.74) is 3.68. The molecule has 0 atom stereocenters. The van der Waals surface area contributed by atoms with E-state index in [0.717, 1.165) is 35.6 Å². The monoisotopic (exact) mass is 218 g/mol. The molecule has 0 bridgehead atoms. The van der Waals surface area contributed by atoms with Gasteiger partial charge in [0.15, 0.2) is 5.65 Å². The van der Waals surface area contributed by atoms with Crippen molar-refractivity contribution in [1.29, 1.82) is 0 Å². The fraction of sp³-hybridized carbons (Fsp3) is 0.538. The van der Waals surface area contributed by atoms with E-state index in [9.17, 15) is 0 Å². The lowest BCUT2D eigenvalue weighted by Gasteiger charge is -2.14. The average Bonchev–Trinajstić information content (AvgIpc) is 2.67. The van der Waals surface area contributed by atoms with Gasteiger partial charge < -0.3 is 0 Å². The zero-order valence-electron chi connectivity index (χ0n) is 11.4. The molecule has 0 saturated heterocycles. The summed E-state index contributed by atoms with van der Waals surface area (Å²) in [6.45, 7) is 8.03. The Morgan fingerprint density at radius 1 is 1.25 bits per heavy atom. The second-order valence-corrected chi connectivity index (χ2v) is 4.15. The number of hydrogen-bond acceptors (Lipinski definition) is 2. The zero-order chi connectivity index (χ0) is 12.6. The summed E-state index contributed by atoms with van der Waals surface area (Å²) in [5.74, 6) is -0.579. The van der Waals surface area contributed by atoms with E-state index < -0.39 is 5.89 Å². The SMILES string of the molecule is [2H]C(CC)(CC)c1cc(C)nc2cc(C)nn12. The lowest BCUT2D eigenvalue weighted by Crippen LogP contribution is -2.07. The van der Waals surface area contributed by atoms with Gasteiger partial charge in [-0.25, -0.2) is 9.50 Å². The van der Waals surface area contributed by atoms with Crippen LogP contribution in [0.25, 0.3) is 5.65 Å². The molecule has 0 aliphatic rings. The smallest absolute Gasteiger partial charge is 0.155 e. The number of aryl methyl sites for hydroxylation is 2. The first kappa shape index (κ1) is 9.82. The lowest BCUT2D eigenvalue weighted by atomic mass is 9.99. The van der Waals surface area contributed by atoms with Crippen molar-refractivity contribution in [3.63, 3.8) is 0 Å². The molecule has 2 heterocycles. The largest absolute Gasteiger partial charge is 0.234 e. The summed E-state index contributed by atoms with van der Waals surface area (Å²) in [4.78, 5) is 4.46. The molecule has 0 saturated carbocycles. The Morgan fingerprint density at radius 3 is 2.56 bits per heavy atom. The Kier molecular flexibility index (Phi) is 2.60. The molecule has 0 N–H and O–H groups in total. The Morgan fingerprint density at radius 2 is 1.94 bits per heavy atom. The third-order valence-electron chi connectivity index (χ3n) is 2.89. The minimum absolute atomic E-state index is 0.579. The highest BCUT2D eigenvalue weighted by atomic mass is 15.3. The molecule has 0 aromatic carbocycles. The first-order valence-corrected chi connectivity index (χ1v) is 5.84. The normalized spacial score (nSPS) is 13.1. The Hall–Kier alpha value is -1.38. The van der Waals surface area contributed by atoms with Crippen LogP contribution in [0.1, 0.15) is 51.0 Å². The maximum absolute atomic E-state index is 8.56. The molecule has 3 heteroatoms. The third-order valence-corrected chi connectivity index (χ3v) is 2.89. The number of nitrogens with zero attached hydrogens (tertiary/aromatic N) is 3. The highest BCUT2D eigenvalue weighted by Crippen LogP contribution is 2.24. The Labute approximate surface area is 97.9 Å². The van der Waals surface area contributed by atoms with E-state index in [0.29, 0.717) is 0 Å². The molecule has 3 nitrogen and oxygen atoms in total. The molecule has 0 spiro atoms. The summed E-state index contributed by atoms with van der Waals surface area (Å²) in [7, 11) is 0. The van der Waals surface area contributed by atoms with Gasteiger partial charge in [-0.3, -0.25) is 0 Å². The van der Waals surface area contributed by atoms with E-state index in [1.807, 2.05) is 30.5 Å². The number of hydrogen-bond donors (Lipinski definition) is 0. The molecular formula is C13H19N3. The average molecular weight is 218 g/mol. The molecule has 0 radical (unpaired) electrons. The predicted molar refractivity (Wildman–Crippen MR) is 65.8 cm³/mol. The molecule has 0 aliphatic carbocycles. The lowest BCUT2D eigenvalue weighted by molar-refractivity contribution is 0.598. The van der Waals surface area contributed by atoms with Crippen molar-refractivity contribution >= 4 is 5.65 Å². The Balaban J connectivity index is 2.75. The van der Waals surface area contributed by atoms with Crippen LogP contribution in [0.2, 0.25) is 0 Å². The van der Waals surface area contributed by atoms with Crippen molar-refractivity contribution < 1.29 is 1.37 Å². The number of aromatic nitrogens is 3. The van der Waals surface area contributed by atoms with Crippen molar-refractivity contribution in [3.05, 3.63) is 29.2 Å². The van der Waals surface area contributed by atoms with Gasteiger partial charge in [-0.2, -0.15) is 5.10 Å². The summed E-state index contributed by atoms with van der Waals surface area (Å²) in [6.07, 6.45) is 1.56. The van der Waals surface area contributed by atoms with E-state index >= 15 is 0 Å². The van der Waals surface area contributed by atoms with Crippen molar-refractivity contribution in [2.75, 3.05) is 0 Å². The van der Waals surface area contributed by atoms with E-state index in [-0.39, 0.29) is 0 Å². The van der Waals surface area contributed by atoms with Crippen LogP contribution in [0, 0.1) is 13.8 Å². The van der Waals surface area contributed by atoms with Crippen LogP contribution in [0.3, 0.4) is 0 Å². The molecule has 2 aromatic rings. The molecule has 86 valence electrons. The second-order valence-electron chi connectivity index (χ2n) is 4.15. The minimum Gasteiger partial charge on any atom is -0.234 e. The minimum atomic E-state index is -0.579. The Bertz CT molecular complexity index is 541. The fourth-order valence-corrected chi connectivity index (χ4v) is 2.08. The van der Waals surface area contributed by atoms with Gasteiger partial charge in [0.05, 0.1) is 5.69 Å². The molecule has 0 unspecified atom stereocenters. The van der Waals surface area contributed by atoms with Crippen LogP contribution in [0.15, 0.2) is 12.1 Å². The maximum Gasteiger partial charge on any atom is 0.155 e. The van der Waals surface area contributed by atoms with Crippen LogP contribution < -0.4 is 0 Å². The first-order valence-electron chi connectivity index (χ1n) is 6.34. The van der Waals surface area contributed by atoms with Crippen LogP contribution in [0.4, 0.5) is 0 Å². The molecular weight excluding hydrogens is 198 g/mol. The predicted octanol–water partition coefficient (Wildman–Crippen LogP) is 3.25. The molecule has 0 amide bonds. The van der Waals surface area contributed by atoms with Crippen molar-refractivity contribution in [2.45, 2.75) is 46.4 Å². The van der Waals surface area contributed by atoms with E-state index in [4.69, 9.17) is 1.37 Å². The summed E-state index contributed by atoms with van der Waals surface area (Å²) in [6, 6.07) is 3.95. The van der Waals surface area contributed by atoms with E-state index in [2.05, 4.69) is 23.9 Å². The van der Waals surface area contributed by atoms with Gasteiger partial charge >= 0.3 is 0 Å². The van der Waals surface area contributed by atoms with Gasteiger partial charge in [-0.15, -0.1) is 0 Å². The van der Waals surface area contributed by atoms with Gasteiger partial charge in [0.25, 0.3) is 0 Å². The molecule has 16 heavy (non-hydrogen) atoms. The highest BCUT2D eigenvalue weighted by molar-refractivity contribution is 5.42. The van der Waals surface area contributed by atoms with Crippen molar-refractivity contribution in [1.82, 2.24) is 14.6 Å². The van der Waals surface area contributed by atoms with Crippen LogP contribution in [0.5, 0.6) is 0 Å². The zero-order valence-corrected chi connectivity index (χ0v) is 10.4. The van der Waals surface area contributed by atoms with Gasteiger partial charge in [0.1, 0.15) is 0 Å². The molecule has 0 aliphatic heterocycles. The standard InChI is InChI=1S/C13H19N3/c1-5-11(6-2)12-7-9(3)14-13-8-10(4)15-16(12)13/h7-8,11H,5-6H2,1-4H3/i11D. The molecule has 2 aromatic heterocycles. The van der Waals surface area contributed by atoms with Gasteiger partial charge in [-0.05, 0) is 32.8 Å². The second kappa shape index (κ2) is 4.24. The third kappa shape index (κ3) is 1.82. The first-order chi connectivity index (χ1) is 8.00. The summed E-state index contributed by atoms with van der Waals surface area (Å²) < 4.78 is 10.4. The van der Waals surface area contributed by atoms with Crippen LogP contribution in [-0.4, -0.2) is 14.6 Å². The van der Waals surface area contributed by atoms with Crippen LogP contribution in [-0.2, 0) is 0 Å². The van der Waals surface area contributed by atoms with Gasteiger partial charge in [-0.1, -0.05) is 13.8 Å². The quantitative estimate of drug-likeness (QED) is 0.791. The number of rotatable bonds is 3. The van der Waals surface area contributed by atoms with E-state index in [1.54, 1.807) is 0 Å². The fourth-order valence-electron chi connectivity index (χ4n) is 2.08. The van der Waals surface area contributed by atoms with Crippen molar-refractivity contribution in [3.8, 4) is 0 Å². The summed E-state index contributed by atoms with van der Waals surface area (Å²) in [5, 5.41) is 4.45. The topological polar surface area (TPSA) is 30.2 Å². The highest BCUT2D eigenvalue weighted by Gasteiger charge is 2.13. The van der Waals surface area contributed by atoms with Crippen LogP contribution >= 0.6 is 0 Å². The maximum atomic E-state index is 8.56. The summed E-state index contributed by atoms with van der Waals surface area (Å²) >= 11 is 0. The van der Waals surface area contributed by atoms with E-state index in [1.165, 1.54) is 0 Å². The van der Waals surface area contributed by atoms with Gasteiger partial charge in [0, 0.05) is 24.7 Å².